The van der Waals surface area contributed by atoms with Crippen molar-refractivity contribution in [1.29, 1.82) is 0 Å². The lowest BCUT2D eigenvalue weighted by molar-refractivity contribution is -0.254. The summed E-state index contributed by atoms with van der Waals surface area (Å²) in [6.45, 7) is 0. The van der Waals surface area contributed by atoms with Crippen LogP contribution in [0.3, 0.4) is 0 Å². The van der Waals surface area contributed by atoms with Crippen LogP contribution < -0.4 is 5.90 Å². The lowest BCUT2D eigenvalue weighted by Crippen LogP contribution is -2.24. The van der Waals surface area contributed by atoms with Crippen molar-refractivity contribution in [3.63, 3.8) is 0 Å². The first-order chi connectivity index (χ1) is 6.40. The van der Waals surface area contributed by atoms with E-state index in [1.165, 1.54) is 0 Å². The molecular formula is C7H4F5NO. The van der Waals surface area contributed by atoms with Crippen molar-refractivity contribution in [3.8, 4) is 0 Å². The highest BCUT2D eigenvalue weighted by atomic mass is 19.3. The van der Waals surface area contributed by atoms with Gasteiger partial charge in [0.05, 0.1) is 5.56 Å². The van der Waals surface area contributed by atoms with Gasteiger partial charge in [0.2, 0.25) is 0 Å². The topological polar surface area (TPSA) is 35.2 Å². The number of alkyl halides is 2. The van der Waals surface area contributed by atoms with Crippen molar-refractivity contribution in [1.82, 2.24) is 0 Å². The number of hydrogen-bond donors (Lipinski definition) is 1. The van der Waals surface area contributed by atoms with Crippen molar-refractivity contribution in [3.05, 3.63) is 35.1 Å². The van der Waals surface area contributed by atoms with E-state index in [0.717, 1.165) is 0 Å². The van der Waals surface area contributed by atoms with Crippen LogP contribution in [0.15, 0.2) is 12.1 Å². The van der Waals surface area contributed by atoms with Crippen molar-refractivity contribution >= 4 is 0 Å². The molecule has 1 aromatic rings. The summed E-state index contributed by atoms with van der Waals surface area (Å²) in [6.07, 6.45) is -4.20. The summed E-state index contributed by atoms with van der Waals surface area (Å²) in [5, 5.41) is 0. The molecule has 0 aromatic heterocycles. The number of benzene rings is 1. The quantitative estimate of drug-likeness (QED) is 0.463. The summed E-state index contributed by atoms with van der Waals surface area (Å²) in [5.41, 5.74) is -1.46. The van der Waals surface area contributed by atoms with Crippen molar-refractivity contribution in [2.75, 3.05) is 0 Å². The molecule has 2 N–H and O–H groups in total. The molecule has 0 amide bonds. The van der Waals surface area contributed by atoms with Gasteiger partial charge in [0, 0.05) is 0 Å². The van der Waals surface area contributed by atoms with Gasteiger partial charge in [-0.3, -0.25) is 0 Å². The minimum atomic E-state index is -4.20. The van der Waals surface area contributed by atoms with E-state index in [0.29, 0.717) is 12.1 Å². The SMILES string of the molecule is NOC(F)(F)c1ccc(F)c(F)c1F. The lowest BCUT2D eigenvalue weighted by atomic mass is 10.2. The molecular weight excluding hydrogens is 209 g/mol. The second kappa shape index (κ2) is 3.50. The fourth-order valence-corrected chi connectivity index (χ4v) is 0.814. The van der Waals surface area contributed by atoms with Crippen LogP contribution in [-0.2, 0) is 10.9 Å². The van der Waals surface area contributed by atoms with Crippen molar-refractivity contribution < 1.29 is 26.8 Å². The summed E-state index contributed by atoms with van der Waals surface area (Å²) >= 11 is 0. The standard InChI is InChI=1S/C7H4F5NO/c8-4-2-1-3(5(9)6(4)10)7(11,12)14-13/h1-2H,13H2. The highest BCUT2D eigenvalue weighted by molar-refractivity contribution is 5.22. The third-order valence-corrected chi connectivity index (χ3v) is 1.50. The maximum Gasteiger partial charge on any atom is 0.401 e. The van der Waals surface area contributed by atoms with Crippen molar-refractivity contribution in [2.45, 2.75) is 6.11 Å². The van der Waals surface area contributed by atoms with Gasteiger partial charge in [0.25, 0.3) is 0 Å². The molecule has 0 saturated heterocycles. The molecule has 1 rings (SSSR count). The molecule has 0 aliphatic heterocycles. The molecule has 0 spiro atoms. The molecule has 0 saturated carbocycles. The smallest absolute Gasteiger partial charge is 0.231 e. The molecule has 0 atom stereocenters. The van der Waals surface area contributed by atoms with E-state index in [4.69, 9.17) is 0 Å². The predicted molar refractivity (Wildman–Crippen MR) is 35.5 cm³/mol. The first-order valence-electron chi connectivity index (χ1n) is 3.30. The molecule has 7 heteroatoms. The number of halogens is 5. The maximum absolute atomic E-state index is 12.7. The summed E-state index contributed by atoms with van der Waals surface area (Å²) in [4.78, 5) is 3.14. The van der Waals surface area contributed by atoms with Crippen LogP contribution in [-0.4, -0.2) is 0 Å². The average molecular weight is 213 g/mol. The minimum Gasteiger partial charge on any atom is -0.231 e. The molecule has 0 aliphatic carbocycles. The largest absolute Gasteiger partial charge is 0.401 e. The second-order valence-corrected chi connectivity index (χ2v) is 2.36. The average Bonchev–Trinajstić information content (AvgIpc) is 2.14. The Kier molecular flexibility index (Phi) is 2.72. The Balaban J connectivity index is 3.31. The fraction of sp³-hybridized carbons (Fsp3) is 0.143. The molecule has 0 heterocycles. The van der Waals surface area contributed by atoms with Gasteiger partial charge in [-0.05, 0) is 12.1 Å². The number of nitrogens with two attached hydrogens (primary N) is 1. The molecule has 14 heavy (non-hydrogen) atoms. The monoisotopic (exact) mass is 213 g/mol. The van der Waals surface area contributed by atoms with Gasteiger partial charge in [-0.2, -0.15) is 8.78 Å². The van der Waals surface area contributed by atoms with Crippen LogP contribution in [0.5, 0.6) is 0 Å². The zero-order chi connectivity index (χ0) is 10.9. The Labute approximate surface area is 75.0 Å². The van der Waals surface area contributed by atoms with Crippen LogP contribution in [0.4, 0.5) is 22.0 Å². The van der Waals surface area contributed by atoms with Crippen LogP contribution in [0, 0.1) is 17.5 Å². The number of rotatable bonds is 2. The van der Waals surface area contributed by atoms with E-state index in [1.807, 2.05) is 0 Å². The van der Waals surface area contributed by atoms with E-state index >= 15 is 0 Å². The summed E-state index contributed by atoms with van der Waals surface area (Å²) in [6, 6.07) is 0.696. The predicted octanol–water partition coefficient (Wildman–Crippen LogP) is 2.04. The third kappa shape index (κ3) is 1.68. The Morgan fingerprint density at radius 3 is 2.14 bits per heavy atom. The van der Waals surface area contributed by atoms with Crippen LogP contribution in [0.25, 0.3) is 0 Å². The van der Waals surface area contributed by atoms with Crippen LogP contribution in [0.2, 0.25) is 0 Å². The zero-order valence-electron chi connectivity index (χ0n) is 6.53. The van der Waals surface area contributed by atoms with E-state index < -0.39 is 29.1 Å². The molecule has 0 fully saturated rings. The first-order valence-corrected chi connectivity index (χ1v) is 3.30. The Hall–Kier alpha value is -1.21. The third-order valence-electron chi connectivity index (χ3n) is 1.50. The molecule has 1 aromatic carbocycles. The Bertz CT molecular complexity index is 354. The minimum absolute atomic E-state index is 0.348. The molecule has 2 nitrogen and oxygen atoms in total. The van der Waals surface area contributed by atoms with Gasteiger partial charge in [0.1, 0.15) is 0 Å². The van der Waals surface area contributed by atoms with Gasteiger partial charge in [-0.25, -0.2) is 23.9 Å². The van der Waals surface area contributed by atoms with Gasteiger partial charge in [-0.15, -0.1) is 0 Å². The fourth-order valence-electron chi connectivity index (χ4n) is 0.814. The van der Waals surface area contributed by atoms with E-state index in [9.17, 15) is 22.0 Å². The van der Waals surface area contributed by atoms with Gasteiger partial charge < -0.3 is 0 Å². The van der Waals surface area contributed by atoms with Crippen LogP contribution in [0.1, 0.15) is 5.56 Å². The molecule has 0 aliphatic rings. The summed E-state index contributed by atoms with van der Waals surface area (Å²) in [7, 11) is 0. The molecule has 78 valence electrons. The maximum atomic E-state index is 12.7. The van der Waals surface area contributed by atoms with Gasteiger partial charge >= 0.3 is 6.11 Å². The Morgan fingerprint density at radius 2 is 1.64 bits per heavy atom. The molecule has 0 unspecified atom stereocenters. The second-order valence-electron chi connectivity index (χ2n) is 2.36. The summed E-state index contributed by atoms with van der Waals surface area (Å²) in [5.74, 6) is -1.44. The van der Waals surface area contributed by atoms with Gasteiger partial charge in [0.15, 0.2) is 17.5 Å². The molecule has 0 radical (unpaired) electrons. The Morgan fingerprint density at radius 1 is 1.07 bits per heavy atom. The number of hydrogen-bond acceptors (Lipinski definition) is 2. The normalized spacial score (nSPS) is 11.9. The van der Waals surface area contributed by atoms with Gasteiger partial charge in [-0.1, -0.05) is 0 Å². The lowest BCUT2D eigenvalue weighted by Gasteiger charge is -2.13. The molecule has 0 bridgehead atoms. The highest BCUT2D eigenvalue weighted by Crippen LogP contribution is 2.31. The van der Waals surface area contributed by atoms with Crippen molar-refractivity contribution in [2.24, 2.45) is 5.90 Å². The van der Waals surface area contributed by atoms with E-state index in [1.54, 1.807) is 0 Å². The zero-order valence-corrected chi connectivity index (χ0v) is 6.53. The first kappa shape index (κ1) is 10.9. The van der Waals surface area contributed by atoms with Crippen LogP contribution >= 0.6 is 0 Å². The van der Waals surface area contributed by atoms with E-state index in [2.05, 4.69) is 10.7 Å². The van der Waals surface area contributed by atoms with E-state index in [-0.39, 0.29) is 0 Å². The summed E-state index contributed by atoms with van der Waals surface area (Å²) < 4.78 is 62.7. The highest BCUT2D eigenvalue weighted by Gasteiger charge is 2.37.